The van der Waals surface area contributed by atoms with Crippen LogP contribution in [0.25, 0.3) is 0 Å². The summed E-state index contributed by atoms with van der Waals surface area (Å²) in [7, 11) is 0. The molecule has 0 saturated heterocycles. The van der Waals surface area contributed by atoms with Crippen molar-refractivity contribution in [2.24, 2.45) is 0 Å². The first-order valence-corrected chi connectivity index (χ1v) is 4.76. The van der Waals surface area contributed by atoms with Crippen LogP contribution in [0.1, 0.15) is 12.0 Å². The highest BCUT2D eigenvalue weighted by atomic mass is 127. The lowest BCUT2D eigenvalue weighted by molar-refractivity contribution is 0.305. The highest BCUT2D eigenvalue weighted by molar-refractivity contribution is 14.1. The average molecular weight is 272 g/mol. The summed E-state index contributed by atoms with van der Waals surface area (Å²) in [6.07, 6.45) is 0.547. The minimum atomic E-state index is 0.136. The van der Waals surface area contributed by atoms with E-state index in [4.69, 9.17) is 5.11 Å². The lowest BCUT2D eigenvalue weighted by Crippen LogP contribution is -1.78. The van der Waals surface area contributed by atoms with Gasteiger partial charge in [-0.3, -0.25) is 0 Å². The molecule has 0 aliphatic rings. The van der Waals surface area contributed by atoms with E-state index in [0.29, 0.717) is 6.42 Å². The van der Waals surface area contributed by atoms with Gasteiger partial charge in [-0.1, -0.05) is 17.9 Å². The first kappa shape index (κ1) is 9.56. The number of aliphatic hydroxyl groups is 1. The van der Waals surface area contributed by atoms with Crippen molar-refractivity contribution in [3.63, 3.8) is 0 Å². The van der Waals surface area contributed by atoms with Crippen LogP contribution in [-0.2, 0) is 0 Å². The van der Waals surface area contributed by atoms with Gasteiger partial charge in [0.25, 0.3) is 0 Å². The minimum Gasteiger partial charge on any atom is -0.395 e. The monoisotopic (exact) mass is 272 g/mol. The van der Waals surface area contributed by atoms with Crippen LogP contribution >= 0.6 is 22.6 Å². The summed E-state index contributed by atoms with van der Waals surface area (Å²) in [6, 6.07) is 7.99. The zero-order chi connectivity index (χ0) is 8.81. The first-order valence-electron chi connectivity index (χ1n) is 3.68. The second-order valence-electron chi connectivity index (χ2n) is 2.29. The Hall–Kier alpha value is -0.530. The molecule has 1 aromatic rings. The van der Waals surface area contributed by atoms with Crippen molar-refractivity contribution < 1.29 is 5.11 Å². The molecule has 0 aliphatic carbocycles. The lowest BCUT2D eigenvalue weighted by atomic mass is 10.2. The van der Waals surface area contributed by atoms with Gasteiger partial charge in [0.2, 0.25) is 0 Å². The van der Waals surface area contributed by atoms with Crippen molar-refractivity contribution >= 4 is 22.6 Å². The lowest BCUT2D eigenvalue weighted by Gasteiger charge is -1.90. The van der Waals surface area contributed by atoms with Gasteiger partial charge < -0.3 is 5.11 Å². The molecule has 0 aliphatic heterocycles. The van der Waals surface area contributed by atoms with E-state index in [1.165, 1.54) is 3.57 Å². The first-order chi connectivity index (χ1) is 5.83. The van der Waals surface area contributed by atoms with Crippen molar-refractivity contribution in [3.8, 4) is 11.8 Å². The zero-order valence-electron chi connectivity index (χ0n) is 6.55. The number of hydrogen-bond acceptors (Lipinski definition) is 1. The molecular weight excluding hydrogens is 263 g/mol. The smallest absolute Gasteiger partial charge is 0.0540 e. The molecule has 0 unspecified atom stereocenters. The Morgan fingerprint density at radius 1 is 1.42 bits per heavy atom. The van der Waals surface area contributed by atoms with Crippen molar-refractivity contribution in [1.82, 2.24) is 0 Å². The second kappa shape index (κ2) is 5.18. The highest BCUT2D eigenvalue weighted by Crippen LogP contribution is 2.06. The highest BCUT2D eigenvalue weighted by Gasteiger charge is 1.86. The number of benzene rings is 1. The Morgan fingerprint density at radius 3 is 2.92 bits per heavy atom. The largest absolute Gasteiger partial charge is 0.395 e. The van der Waals surface area contributed by atoms with Gasteiger partial charge in [0.15, 0.2) is 0 Å². The van der Waals surface area contributed by atoms with Crippen LogP contribution in [0.3, 0.4) is 0 Å². The Labute approximate surface area is 85.9 Å². The topological polar surface area (TPSA) is 20.2 Å². The minimum absolute atomic E-state index is 0.136. The summed E-state index contributed by atoms with van der Waals surface area (Å²) in [5, 5.41) is 8.49. The van der Waals surface area contributed by atoms with E-state index < -0.39 is 0 Å². The summed E-state index contributed by atoms with van der Waals surface area (Å²) in [5.74, 6) is 5.85. The molecule has 0 saturated carbocycles. The molecule has 1 nitrogen and oxygen atoms in total. The van der Waals surface area contributed by atoms with Gasteiger partial charge in [0.05, 0.1) is 6.61 Å². The van der Waals surface area contributed by atoms with Crippen LogP contribution in [0.4, 0.5) is 0 Å². The Morgan fingerprint density at radius 2 is 2.25 bits per heavy atom. The maximum atomic E-state index is 8.49. The maximum absolute atomic E-state index is 8.49. The van der Waals surface area contributed by atoms with E-state index in [1.54, 1.807) is 0 Å². The molecule has 0 heterocycles. The van der Waals surface area contributed by atoms with E-state index in [2.05, 4.69) is 34.4 Å². The Balaban J connectivity index is 2.71. The molecule has 0 atom stereocenters. The summed E-state index contributed by atoms with van der Waals surface area (Å²) < 4.78 is 1.18. The number of halogens is 1. The van der Waals surface area contributed by atoms with Gasteiger partial charge in [-0.2, -0.15) is 0 Å². The third-order valence-corrected chi connectivity index (χ3v) is 1.97. The van der Waals surface area contributed by atoms with Crippen molar-refractivity contribution in [1.29, 1.82) is 0 Å². The van der Waals surface area contributed by atoms with Gasteiger partial charge >= 0.3 is 0 Å². The molecule has 1 aromatic carbocycles. The van der Waals surface area contributed by atoms with Gasteiger partial charge in [0.1, 0.15) is 0 Å². The SMILES string of the molecule is OCCC#Cc1cccc(I)c1. The predicted molar refractivity (Wildman–Crippen MR) is 57.7 cm³/mol. The molecular formula is C10H9IO. The summed E-state index contributed by atoms with van der Waals surface area (Å²) in [5.41, 5.74) is 1.01. The van der Waals surface area contributed by atoms with Crippen LogP contribution in [0.2, 0.25) is 0 Å². The van der Waals surface area contributed by atoms with E-state index in [9.17, 15) is 0 Å². The van der Waals surface area contributed by atoms with Crippen LogP contribution in [0.5, 0.6) is 0 Å². The van der Waals surface area contributed by atoms with Gasteiger partial charge in [0, 0.05) is 15.6 Å². The molecule has 0 fully saturated rings. The van der Waals surface area contributed by atoms with Gasteiger partial charge in [-0.25, -0.2) is 0 Å². The molecule has 0 radical (unpaired) electrons. The number of hydrogen-bond donors (Lipinski definition) is 1. The van der Waals surface area contributed by atoms with Crippen LogP contribution in [-0.4, -0.2) is 11.7 Å². The van der Waals surface area contributed by atoms with E-state index in [-0.39, 0.29) is 6.61 Å². The normalized spacial score (nSPS) is 8.83. The number of aliphatic hydroxyl groups excluding tert-OH is 1. The Bertz CT molecular complexity index is 309. The van der Waals surface area contributed by atoms with Crippen molar-refractivity contribution in [2.45, 2.75) is 6.42 Å². The quantitative estimate of drug-likeness (QED) is 0.612. The van der Waals surface area contributed by atoms with E-state index in [1.807, 2.05) is 24.3 Å². The molecule has 0 spiro atoms. The standard InChI is InChI=1S/C10H9IO/c11-10-6-3-5-9(8-10)4-1-2-7-12/h3,5-6,8,12H,2,7H2. The van der Waals surface area contributed by atoms with Crippen LogP contribution < -0.4 is 0 Å². The summed E-state index contributed by atoms with van der Waals surface area (Å²) in [6.45, 7) is 0.136. The number of rotatable bonds is 1. The van der Waals surface area contributed by atoms with E-state index >= 15 is 0 Å². The molecule has 1 rings (SSSR count). The third-order valence-electron chi connectivity index (χ3n) is 1.29. The predicted octanol–water partition coefficient (Wildman–Crippen LogP) is 2.03. The summed E-state index contributed by atoms with van der Waals surface area (Å²) in [4.78, 5) is 0. The van der Waals surface area contributed by atoms with Crippen molar-refractivity contribution in [2.75, 3.05) is 6.61 Å². The fourth-order valence-electron chi connectivity index (χ4n) is 0.787. The zero-order valence-corrected chi connectivity index (χ0v) is 8.71. The molecule has 12 heavy (non-hydrogen) atoms. The second-order valence-corrected chi connectivity index (χ2v) is 3.53. The molecule has 0 amide bonds. The van der Waals surface area contributed by atoms with E-state index in [0.717, 1.165) is 5.56 Å². The average Bonchev–Trinajstić information content (AvgIpc) is 2.05. The molecule has 0 bridgehead atoms. The molecule has 1 N–H and O–H groups in total. The fourth-order valence-corrected chi connectivity index (χ4v) is 1.33. The Kier molecular flexibility index (Phi) is 4.12. The van der Waals surface area contributed by atoms with Crippen LogP contribution in [0, 0.1) is 15.4 Å². The third kappa shape index (κ3) is 3.24. The van der Waals surface area contributed by atoms with Gasteiger partial charge in [-0.05, 0) is 40.8 Å². The summed E-state index contributed by atoms with van der Waals surface area (Å²) >= 11 is 2.25. The maximum Gasteiger partial charge on any atom is 0.0540 e. The molecule has 2 heteroatoms. The molecule has 62 valence electrons. The van der Waals surface area contributed by atoms with Gasteiger partial charge in [-0.15, -0.1) is 0 Å². The van der Waals surface area contributed by atoms with Crippen molar-refractivity contribution in [3.05, 3.63) is 33.4 Å². The fraction of sp³-hybridized carbons (Fsp3) is 0.200. The molecule has 0 aromatic heterocycles. The van der Waals surface area contributed by atoms with Crippen LogP contribution in [0.15, 0.2) is 24.3 Å².